The molecule has 222 valence electrons. The van der Waals surface area contributed by atoms with E-state index < -0.39 is 5.60 Å². The van der Waals surface area contributed by atoms with E-state index in [4.69, 9.17) is 0 Å². The summed E-state index contributed by atoms with van der Waals surface area (Å²) in [6.45, 7) is 21.2. The fourth-order valence-electron chi connectivity index (χ4n) is 4.51. The Hall–Kier alpha value is -3.16. The molecule has 1 aliphatic carbocycles. The highest BCUT2D eigenvalue weighted by atomic mass is 16.3. The lowest BCUT2D eigenvalue weighted by Gasteiger charge is -2.32. The fourth-order valence-corrected chi connectivity index (χ4v) is 4.51. The molecular formula is C40H56O. The molecule has 0 saturated heterocycles. The molecule has 0 aromatic heterocycles. The van der Waals surface area contributed by atoms with Crippen molar-refractivity contribution in [3.8, 4) is 0 Å². The van der Waals surface area contributed by atoms with Crippen molar-refractivity contribution in [1.29, 1.82) is 0 Å². The topological polar surface area (TPSA) is 20.2 Å². The zero-order valence-electron chi connectivity index (χ0n) is 27.6. The molecule has 1 rings (SSSR count). The monoisotopic (exact) mass is 552 g/mol. The van der Waals surface area contributed by atoms with Crippen molar-refractivity contribution in [3.05, 3.63) is 142 Å². The van der Waals surface area contributed by atoms with Gasteiger partial charge in [-0.1, -0.05) is 151 Å². The van der Waals surface area contributed by atoms with E-state index in [-0.39, 0.29) is 5.41 Å². The second kappa shape index (κ2) is 18.3. The molecular weight excluding hydrogens is 496 g/mol. The van der Waals surface area contributed by atoms with E-state index in [1.165, 1.54) is 52.7 Å². The third kappa shape index (κ3) is 17.3. The van der Waals surface area contributed by atoms with Crippen LogP contribution in [0.3, 0.4) is 0 Å². The van der Waals surface area contributed by atoms with Crippen molar-refractivity contribution in [2.75, 3.05) is 0 Å². The quantitative estimate of drug-likeness (QED) is 0.225. The lowest BCUT2D eigenvalue weighted by atomic mass is 9.72. The Morgan fingerprint density at radius 3 is 1.54 bits per heavy atom. The zero-order valence-corrected chi connectivity index (χ0v) is 27.6. The Labute approximate surface area is 252 Å². The highest BCUT2D eigenvalue weighted by molar-refractivity contribution is 5.37. The summed E-state index contributed by atoms with van der Waals surface area (Å²) in [4.78, 5) is 0. The second-order valence-electron chi connectivity index (χ2n) is 12.7. The Morgan fingerprint density at radius 1 is 0.683 bits per heavy atom. The van der Waals surface area contributed by atoms with Crippen molar-refractivity contribution in [1.82, 2.24) is 0 Å². The van der Waals surface area contributed by atoms with Gasteiger partial charge in [-0.05, 0) is 92.1 Å². The van der Waals surface area contributed by atoms with E-state index in [1.807, 2.05) is 26.0 Å². The van der Waals surface area contributed by atoms with Crippen LogP contribution >= 0.6 is 0 Å². The summed E-state index contributed by atoms with van der Waals surface area (Å²) < 4.78 is 0. The van der Waals surface area contributed by atoms with E-state index in [9.17, 15) is 5.11 Å². The molecule has 0 aliphatic heterocycles. The van der Waals surface area contributed by atoms with Crippen molar-refractivity contribution >= 4 is 0 Å². The van der Waals surface area contributed by atoms with Gasteiger partial charge in [-0.25, -0.2) is 0 Å². The fraction of sp³-hybridized carbons (Fsp3) is 0.400. The van der Waals surface area contributed by atoms with Crippen LogP contribution < -0.4 is 0 Å². The van der Waals surface area contributed by atoms with E-state index in [0.29, 0.717) is 6.42 Å². The van der Waals surface area contributed by atoms with Crippen LogP contribution in [-0.4, -0.2) is 10.7 Å². The van der Waals surface area contributed by atoms with Gasteiger partial charge in [-0.15, -0.1) is 0 Å². The maximum absolute atomic E-state index is 9.77. The molecule has 0 unspecified atom stereocenters. The number of rotatable bonds is 13. The van der Waals surface area contributed by atoms with Crippen LogP contribution in [0.2, 0.25) is 0 Å². The molecule has 0 amide bonds. The van der Waals surface area contributed by atoms with Gasteiger partial charge in [0.1, 0.15) is 0 Å². The summed E-state index contributed by atoms with van der Waals surface area (Å²) in [6, 6.07) is 0. The van der Waals surface area contributed by atoms with Gasteiger partial charge in [0.2, 0.25) is 0 Å². The summed E-state index contributed by atoms with van der Waals surface area (Å²) in [5, 5.41) is 9.77. The van der Waals surface area contributed by atoms with Crippen molar-refractivity contribution in [2.45, 2.75) is 101 Å². The Morgan fingerprint density at radius 2 is 1.10 bits per heavy atom. The van der Waals surface area contributed by atoms with E-state index in [2.05, 4.69) is 147 Å². The minimum atomic E-state index is -0.660. The molecule has 0 heterocycles. The van der Waals surface area contributed by atoms with Crippen LogP contribution in [0.15, 0.2) is 142 Å². The van der Waals surface area contributed by atoms with Crippen LogP contribution in [-0.2, 0) is 0 Å². The average Bonchev–Trinajstić information content (AvgIpc) is 2.85. The lowest BCUT2D eigenvalue weighted by Crippen LogP contribution is -2.19. The Kier molecular flexibility index (Phi) is 16.0. The van der Waals surface area contributed by atoms with Crippen LogP contribution in [0.25, 0.3) is 0 Å². The van der Waals surface area contributed by atoms with Gasteiger partial charge in [-0.3, -0.25) is 0 Å². The number of allylic oxidation sites excluding steroid dienone is 23. The smallest absolute Gasteiger partial charge is 0.0626 e. The number of hydrogen-bond acceptors (Lipinski definition) is 1. The first-order valence-electron chi connectivity index (χ1n) is 15.0. The van der Waals surface area contributed by atoms with Crippen LogP contribution in [0.4, 0.5) is 0 Å². The highest BCUT2D eigenvalue weighted by Gasteiger charge is 2.26. The van der Waals surface area contributed by atoms with Crippen LogP contribution in [0.1, 0.15) is 94.9 Å². The molecule has 1 aliphatic rings. The van der Waals surface area contributed by atoms with Gasteiger partial charge >= 0.3 is 0 Å². The van der Waals surface area contributed by atoms with Gasteiger partial charge < -0.3 is 5.11 Å². The summed E-state index contributed by atoms with van der Waals surface area (Å²) in [5.41, 5.74) is 8.68. The predicted octanol–water partition coefficient (Wildman–Crippen LogP) is 11.7. The van der Waals surface area contributed by atoms with E-state index in [0.717, 1.165) is 5.57 Å². The summed E-state index contributed by atoms with van der Waals surface area (Å²) in [6.07, 6.45) is 40.5. The predicted molar refractivity (Wildman–Crippen MR) is 185 cm³/mol. The average molecular weight is 553 g/mol. The van der Waals surface area contributed by atoms with Crippen molar-refractivity contribution in [2.24, 2.45) is 5.41 Å². The first-order valence-corrected chi connectivity index (χ1v) is 15.0. The molecule has 0 fully saturated rings. The van der Waals surface area contributed by atoms with Crippen molar-refractivity contribution < 1.29 is 5.11 Å². The minimum Gasteiger partial charge on any atom is -0.390 e. The molecule has 0 aromatic carbocycles. The Balaban J connectivity index is 2.59. The SMILES string of the molecule is CC(C=CC=C(C)C=CC=C(C)C=CCC(C)(C)O)=CC=CC=C(C)C=CC=C(C)C=CC1=C(C)CCCC1(C)C. The van der Waals surface area contributed by atoms with E-state index in [1.54, 1.807) is 0 Å². The van der Waals surface area contributed by atoms with Gasteiger partial charge in [0, 0.05) is 0 Å². The molecule has 0 spiro atoms. The van der Waals surface area contributed by atoms with Gasteiger partial charge in [0.05, 0.1) is 5.60 Å². The zero-order chi connectivity index (χ0) is 30.9. The second-order valence-corrected chi connectivity index (χ2v) is 12.7. The molecule has 1 heteroatoms. The maximum atomic E-state index is 9.77. The van der Waals surface area contributed by atoms with Crippen molar-refractivity contribution in [3.63, 3.8) is 0 Å². The highest BCUT2D eigenvalue weighted by Crippen LogP contribution is 2.40. The standard InChI is InChI=1S/C40H56O/c1-32(20-13-22-34(3)23-14-24-35(4)26-16-31-40(9,10)41)18-11-12-19-33(2)21-15-25-36(5)28-29-38-37(6)27-17-30-39(38,7)8/h11-16,18-26,28-29,41H,17,27,30-31H2,1-10H3. The first kappa shape index (κ1) is 35.9. The van der Waals surface area contributed by atoms with Crippen LogP contribution in [0, 0.1) is 5.41 Å². The first-order chi connectivity index (χ1) is 19.2. The minimum absolute atomic E-state index is 0.283. The molecule has 0 bridgehead atoms. The maximum Gasteiger partial charge on any atom is 0.0626 e. The molecule has 1 nitrogen and oxygen atoms in total. The normalized spacial score (nSPS) is 19.1. The van der Waals surface area contributed by atoms with E-state index >= 15 is 0 Å². The third-order valence-electron chi connectivity index (χ3n) is 7.04. The molecule has 0 radical (unpaired) electrons. The third-order valence-corrected chi connectivity index (χ3v) is 7.04. The molecule has 0 saturated carbocycles. The summed E-state index contributed by atoms with van der Waals surface area (Å²) in [5.74, 6) is 0. The molecule has 1 N–H and O–H groups in total. The van der Waals surface area contributed by atoms with Gasteiger partial charge in [0.25, 0.3) is 0 Å². The lowest BCUT2D eigenvalue weighted by molar-refractivity contribution is 0.0839. The summed E-state index contributed by atoms with van der Waals surface area (Å²) >= 11 is 0. The Bertz CT molecular complexity index is 1210. The van der Waals surface area contributed by atoms with Gasteiger partial charge in [0.15, 0.2) is 0 Å². The van der Waals surface area contributed by atoms with Crippen LogP contribution in [0.5, 0.6) is 0 Å². The molecule has 0 aromatic rings. The molecule has 41 heavy (non-hydrogen) atoms. The summed E-state index contributed by atoms with van der Waals surface area (Å²) in [7, 11) is 0. The largest absolute Gasteiger partial charge is 0.390 e. The number of aliphatic hydroxyl groups is 1. The molecule has 0 atom stereocenters. The van der Waals surface area contributed by atoms with Gasteiger partial charge in [-0.2, -0.15) is 0 Å². The number of hydrogen-bond donors (Lipinski definition) is 1.